The van der Waals surface area contributed by atoms with E-state index in [0.29, 0.717) is 11.7 Å². The lowest BCUT2D eigenvalue weighted by atomic mass is 9.98. The summed E-state index contributed by atoms with van der Waals surface area (Å²) in [6.45, 7) is 0.628. The van der Waals surface area contributed by atoms with Crippen LogP contribution in [0.15, 0.2) is 12.5 Å². The number of rotatable bonds is 3. The number of aromatic nitrogens is 3. The van der Waals surface area contributed by atoms with Gasteiger partial charge in [0, 0.05) is 11.8 Å². The average molecular weight is 310 g/mol. The summed E-state index contributed by atoms with van der Waals surface area (Å²) in [5.41, 5.74) is 3.97. The van der Waals surface area contributed by atoms with Crippen molar-refractivity contribution in [1.29, 1.82) is 0 Å². The Morgan fingerprint density at radius 2 is 2.32 bits per heavy atom. The lowest BCUT2D eigenvalue weighted by molar-refractivity contribution is -0.0564. The van der Waals surface area contributed by atoms with Crippen LogP contribution in [0, 0.1) is 0 Å². The summed E-state index contributed by atoms with van der Waals surface area (Å²) in [6, 6.07) is 0. The largest absolute Gasteiger partial charge is 0.394 e. The molecule has 1 fully saturated rings. The number of aliphatic hydroxyl groups excluding tert-OH is 2. The van der Waals surface area contributed by atoms with Crippen molar-refractivity contribution in [3.05, 3.63) is 18.1 Å². The molecule has 8 nitrogen and oxygen atoms in total. The van der Waals surface area contributed by atoms with Crippen molar-refractivity contribution in [1.82, 2.24) is 14.5 Å². The Bertz CT molecular complexity index is 732. The Morgan fingerprint density at radius 1 is 1.59 bits per heavy atom. The van der Waals surface area contributed by atoms with Crippen molar-refractivity contribution >= 4 is 23.1 Å². The molecule has 2 aromatic heterocycles. The summed E-state index contributed by atoms with van der Waals surface area (Å²) in [7, 11) is 0. The van der Waals surface area contributed by atoms with E-state index in [1.807, 2.05) is 0 Å². The van der Waals surface area contributed by atoms with Gasteiger partial charge in [0.25, 0.3) is 0 Å². The molecule has 0 bridgehead atoms. The number of nitrogens with two attached hydrogens (primary N) is 1. The van der Waals surface area contributed by atoms with Gasteiger partial charge in [0.2, 0.25) is 0 Å². The van der Waals surface area contributed by atoms with Crippen molar-refractivity contribution in [3.63, 3.8) is 0 Å². The van der Waals surface area contributed by atoms with Crippen molar-refractivity contribution < 1.29 is 24.1 Å². The molecule has 0 aromatic carbocycles. The number of fused-ring (bicyclic) bond motifs is 1. The molecule has 0 spiro atoms. The molecular formula is C13H15FN4O4. The molecule has 3 unspecified atom stereocenters. The molecule has 4 atom stereocenters. The van der Waals surface area contributed by atoms with Gasteiger partial charge in [0.15, 0.2) is 18.2 Å². The number of nitrogens with zero attached hydrogens (tertiary/aromatic N) is 3. The lowest BCUT2D eigenvalue weighted by Gasteiger charge is -2.25. The number of anilines is 1. The quantitative estimate of drug-likeness (QED) is 0.671. The number of hydrogen-bond acceptors (Lipinski definition) is 7. The Morgan fingerprint density at radius 3 is 2.91 bits per heavy atom. The van der Waals surface area contributed by atoms with Gasteiger partial charge in [-0.3, -0.25) is 4.79 Å². The third-order valence-electron chi connectivity index (χ3n) is 3.94. The maximum atomic E-state index is 14.9. The zero-order chi connectivity index (χ0) is 16.1. The van der Waals surface area contributed by atoms with Gasteiger partial charge >= 0.3 is 0 Å². The van der Waals surface area contributed by atoms with Crippen LogP contribution < -0.4 is 5.73 Å². The van der Waals surface area contributed by atoms with Gasteiger partial charge in [-0.1, -0.05) is 0 Å². The minimum absolute atomic E-state index is 0.0867. The number of carbonyl (C=O) groups excluding carboxylic acids is 1. The van der Waals surface area contributed by atoms with E-state index in [1.165, 1.54) is 17.1 Å². The molecule has 0 saturated carbocycles. The average Bonchev–Trinajstić information content (AvgIpc) is 2.97. The first-order valence-corrected chi connectivity index (χ1v) is 6.61. The highest BCUT2D eigenvalue weighted by Gasteiger charge is 2.55. The zero-order valence-corrected chi connectivity index (χ0v) is 11.7. The monoisotopic (exact) mass is 310 g/mol. The molecule has 0 amide bonds. The van der Waals surface area contributed by atoms with Crippen molar-refractivity contribution in [2.24, 2.45) is 0 Å². The van der Waals surface area contributed by atoms with E-state index in [2.05, 4.69) is 9.97 Å². The molecular weight excluding hydrogens is 295 g/mol. The van der Waals surface area contributed by atoms with Gasteiger partial charge in [0.05, 0.1) is 12.0 Å². The van der Waals surface area contributed by atoms with Gasteiger partial charge in [-0.25, -0.2) is 14.4 Å². The summed E-state index contributed by atoms with van der Waals surface area (Å²) >= 11 is 0. The number of halogens is 1. The Balaban J connectivity index is 2.19. The number of alkyl halides is 1. The highest BCUT2D eigenvalue weighted by Crippen LogP contribution is 2.43. The number of carbonyl (C=O) groups is 1. The molecule has 1 aliphatic heterocycles. The lowest BCUT2D eigenvalue weighted by Crippen LogP contribution is -2.40. The number of aldehydes is 1. The van der Waals surface area contributed by atoms with E-state index in [0.717, 1.165) is 6.92 Å². The van der Waals surface area contributed by atoms with Crippen LogP contribution >= 0.6 is 0 Å². The van der Waals surface area contributed by atoms with Gasteiger partial charge in [0.1, 0.15) is 30.0 Å². The maximum absolute atomic E-state index is 14.9. The number of aliphatic hydroxyl groups is 2. The summed E-state index contributed by atoms with van der Waals surface area (Å²) in [6.07, 6.45) is -0.756. The first kappa shape index (κ1) is 14.8. The van der Waals surface area contributed by atoms with Crippen LogP contribution in [0.25, 0.3) is 11.0 Å². The van der Waals surface area contributed by atoms with E-state index < -0.39 is 30.7 Å². The first-order chi connectivity index (χ1) is 10.4. The molecule has 2 aromatic rings. The molecule has 1 saturated heterocycles. The molecule has 3 heterocycles. The van der Waals surface area contributed by atoms with Crippen LogP contribution in [0.3, 0.4) is 0 Å². The fourth-order valence-corrected chi connectivity index (χ4v) is 2.77. The normalized spacial score (nSPS) is 31.7. The predicted molar refractivity (Wildman–Crippen MR) is 73.8 cm³/mol. The smallest absolute Gasteiger partial charge is 0.181 e. The Hall–Kier alpha value is -2.10. The second-order valence-corrected chi connectivity index (χ2v) is 5.37. The van der Waals surface area contributed by atoms with E-state index in [4.69, 9.17) is 10.5 Å². The minimum atomic E-state index is -2.18. The van der Waals surface area contributed by atoms with Crippen molar-refractivity contribution in [3.8, 4) is 0 Å². The molecule has 22 heavy (non-hydrogen) atoms. The third kappa shape index (κ3) is 1.90. The van der Waals surface area contributed by atoms with Crippen LogP contribution in [0.2, 0.25) is 0 Å². The van der Waals surface area contributed by atoms with Gasteiger partial charge < -0.3 is 25.3 Å². The van der Waals surface area contributed by atoms with E-state index in [9.17, 15) is 19.4 Å². The first-order valence-electron chi connectivity index (χ1n) is 6.61. The van der Waals surface area contributed by atoms with Gasteiger partial charge in [-0.2, -0.15) is 0 Å². The molecule has 118 valence electrons. The predicted octanol–water partition coefficient (Wildman–Crippen LogP) is -0.195. The standard InChI is InChI=1S/C13H15FN4O4/c1-13(14)9(21)7(4-20)22-12(13)18-2-6(3-19)8-10(15)16-5-17-11(8)18/h2-3,5,7,9,12,20-21H,4H2,1H3,(H2,15,16,17)/t7?,9-,12?,13?/m1/s1. The molecule has 3 rings (SSSR count). The Labute approximate surface area is 124 Å². The highest BCUT2D eigenvalue weighted by molar-refractivity contribution is 6.01. The summed E-state index contributed by atoms with van der Waals surface area (Å²) in [5.74, 6) is 0.0867. The fraction of sp³-hybridized carbons (Fsp3) is 0.462. The third-order valence-corrected chi connectivity index (χ3v) is 3.94. The number of ether oxygens (including phenoxy) is 1. The van der Waals surface area contributed by atoms with Crippen molar-refractivity contribution in [2.45, 2.75) is 31.0 Å². The second-order valence-electron chi connectivity index (χ2n) is 5.37. The van der Waals surface area contributed by atoms with E-state index in [1.54, 1.807) is 0 Å². The van der Waals surface area contributed by atoms with Crippen LogP contribution in [-0.4, -0.2) is 55.5 Å². The summed E-state index contributed by atoms with van der Waals surface area (Å²) in [5, 5.41) is 19.4. The number of nitrogen functional groups attached to an aromatic ring is 1. The Kier molecular flexibility index (Phi) is 3.35. The van der Waals surface area contributed by atoms with Crippen LogP contribution in [-0.2, 0) is 4.74 Å². The van der Waals surface area contributed by atoms with Crippen LogP contribution in [0.4, 0.5) is 10.2 Å². The summed E-state index contributed by atoms with van der Waals surface area (Å²) in [4.78, 5) is 19.0. The van der Waals surface area contributed by atoms with Gasteiger partial charge in [-0.15, -0.1) is 0 Å². The zero-order valence-electron chi connectivity index (χ0n) is 11.7. The molecule has 1 aliphatic rings. The van der Waals surface area contributed by atoms with Crippen LogP contribution in [0.5, 0.6) is 0 Å². The van der Waals surface area contributed by atoms with E-state index in [-0.39, 0.29) is 17.0 Å². The van der Waals surface area contributed by atoms with Gasteiger partial charge in [-0.05, 0) is 6.92 Å². The summed E-state index contributed by atoms with van der Waals surface area (Å²) < 4.78 is 21.6. The van der Waals surface area contributed by atoms with E-state index >= 15 is 0 Å². The van der Waals surface area contributed by atoms with Crippen LogP contribution in [0.1, 0.15) is 23.5 Å². The highest BCUT2D eigenvalue weighted by atomic mass is 19.1. The number of hydrogen-bond donors (Lipinski definition) is 3. The molecule has 0 aliphatic carbocycles. The second kappa shape index (κ2) is 4.97. The van der Waals surface area contributed by atoms with Crippen molar-refractivity contribution in [2.75, 3.05) is 12.3 Å². The topological polar surface area (TPSA) is 123 Å². The maximum Gasteiger partial charge on any atom is 0.181 e. The minimum Gasteiger partial charge on any atom is -0.394 e. The molecule has 4 N–H and O–H groups in total. The SMILES string of the molecule is CC1(F)C(n2cc(C=O)c3c(N)ncnc32)OC(CO)[C@H]1O. The fourth-order valence-electron chi connectivity index (χ4n) is 2.77. The molecule has 9 heteroatoms. The molecule has 0 radical (unpaired) electrons.